The summed E-state index contributed by atoms with van der Waals surface area (Å²) in [5, 5.41) is 41.2. The summed E-state index contributed by atoms with van der Waals surface area (Å²) in [6.45, 7) is 2.99. The fourth-order valence-electron chi connectivity index (χ4n) is 7.19. The van der Waals surface area contributed by atoms with Crippen molar-refractivity contribution in [2.24, 2.45) is 0 Å². The lowest BCUT2D eigenvalue weighted by Gasteiger charge is -2.43. The number of phosphoric acid groups is 2. The Labute approximate surface area is 388 Å². The van der Waals surface area contributed by atoms with E-state index in [1.807, 2.05) is 0 Å². The van der Waals surface area contributed by atoms with Crippen LogP contribution in [0, 0.1) is 0 Å². The molecule has 7 N–H and O–H groups in total. The van der Waals surface area contributed by atoms with Gasteiger partial charge in [-0.15, -0.1) is 0 Å². The van der Waals surface area contributed by atoms with Crippen LogP contribution in [0.15, 0.2) is 48.6 Å². The first-order valence-electron chi connectivity index (χ1n) is 24.2. The van der Waals surface area contributed by atoms with Gasteiger partial charge < -0.3 is 44.6 Å². The van der Waals surface area contributed by atoms with E-state index in [1.165, 1.54) is 51.4 Å². The van der Waals surface area contributed by atoms with Crippen molar-refractivity contribution in [2.75, 3.05) is 13.2 Å². The minimum Gasteiger partial charge on any atom is -0.462 e. The third kappa shape index (κ3) is 32.4. The fraction of sp³-hybridized carbons (Fsp3) is 0.787. The molecule has 18 heteroatoms. The SMILES string of the molecule is CC/C=C\C/C=C\C/C=C\C/C=C\CCCCCCCCC(=O)OC[C@H](COP(=O)(O)O[C@H]1C(O)C(O)C(O)[C@@H](OP(=O)(O)O)C1O)OC(=O)CCCCCCCCCCCCCCC. The number of aliphatic hydroxyl groups excluding tert-OH is 4. The van der Waals surface area contributed by atoms with Gasteiger partial charge in [-0.2, -0.15) is 0 Å². The quantitative estimate of drug-likeness (QED) is 0.0131. The molecule has 65 heavy (non-hydrogen) atoms. The van der Waals surface area contributed by atoms with Crippen LogP contribution < -0.4 is 0 Å². The van der Waals surface area contributed by atoms with E-state index in [0.717, 1.165) is 89.9 Å². The number of allylic oxidation sites excluding steroid dienone is 8. The molecule has 0 aromatic heterocycles. The van der Waals surface area contributed by atoms with E-state index < -0.39 is 83.5 Å². The van der Waals surface area contributed by atoms with Crippen molar-refractivity contribution in [1.29, 1.82) is 0 Å². The molecule has 1 rings (SSSR count). The van der Waals surface area contributed by atoms with Crippen molar-refractivity contribution < 1.29 is 76.9 Å². The largest absolute Gasteiger partial charge is 0.472 e. The highest BCUT2D eigenvalue weighted by Crippen LogP contribution is 2.49. The van der Waals surface area contributed by atoms with Crippen LogP contribution in [0.25, 0.3) is 0 Å². The van der Waals surface area contributed by atoms with Crippen molar-refractivity contribution >= 4 is 27.6 Å². The highest BCUT2D eigenvalue weighted by Gasteiger charge is 2.54. The molecule has 0 radical (unpaired) electrons. The van der Waals surface area contributed by atoms with Crippen LogP contribution in [0.5, 0.6) is 0 Å². The van der Waals surface area contributed by atoms with E-state index in [0.29, 0.717) is 12.8 Å². The molecule has 1 aliphatic rings. The van der Waals surface area contributed by atoms with Crippen molar-refractivity contribution in [3.8, 4) is 0 Å². The van der Waals surface area contributed by atoms with Gasteiger partial charge in [-0.1, -0.05) is 165 Å². The molecule has 1 fully saturated rings. The topological polar surface area (TPSA) is 256 Å². The van der Waals surface area contributed by atoms with Crippen LogP contribution in [0.1, 0.15) is 181 Å². The number of aliphatic hydroxyl groups is 4. The average Bonchev–Trinajstić information content (AvgIpc) is 3.26. The summed E-state index contributed by atoms with van der Waals surface area (Å²) in [5.74, 6) is -1.22. The van der Waals surface area contributed by atoms with Gasteiger partial charge in [-0.3, -0.25) is 23.2 Å². The summed E-state index contributed by atoms with van der Waals surface area (Å²) < 4.78 is 49.4. The first kappa shape index (κ1) is 61.0. The average molecular weight is 967 g/mol. The van der Waals surface area contributed by atoms with Crippen LogP contribution in [0.4, 0.5) is 0 Å². The lowest BCUT2D eigenvalue weighted by molar-refractivity contribution is -0.216. The number of carbonyl (C=O) groups is 2. The van der Waals surface area contributed by atoms with E-state index >= 15 is 0 Å². The van der Waals surface area contributed by atoms with Crippen molar-refractivity contribution in [1.82, 2.24) is 0 Å². The Hall–Kier alpha value is -2.04. The Balaban J connectivity index is 2.57. The van der Waals surface area contributed by atoms with Gasteiger partial charge in [0.15, 0.2) is 6.10 Å². The zero-order valence-electron chi connectivity index (χ0n) is 39.2. The number of esters is 2. The zero-order valence-corrected chi connectivity index (χ0v) is 40.9. The second kappa shape index (κ2) is 37.9. The van der Waals surface area contributed by atoms with Gasteiger partial charge in [0.25, 0.3) is 0 Å². The van der Waals surface area contributed by atoms with Crippen molar-refractivity contribution in [3.63, 3.8) is 0 Å². The standard InChI is InChI=1S/C47H84O16P2/c1-3-5-7-9-11-13-15-17-18-19-20-21-22-24-25-27-29-31-33-35-40(48)59-37-39(61-41(49)36-34-32-30-28-26-23-16-14-12-10-8-6-4-2)38-60-65(57,58)63-47-44(52)42(50)43(51)46(45(47)53)62-64(54,55)56/h5,7,11,13,17-18,20-21,39,42-47,50-53H,3-4,6,8-10,12,14-16,19,22-38H2,1-2H3,(H,57,58)(H2,54,55,56)/b7-5-,13-11-,18-17-,21-20-/t39-,42?,43?,44?,45?,46-,47+/m1/s1. The molecule has 0 aliphatic heterocycles. The number of hydrogen-bond donors (Lipinski definition) is 7. The molecule has 0 heterocycles. The van der Waals surface area contributed by atoms with Crippen LogP contribution in [0.3, 0.4) is 0 Å². The second-order valence-electron chi connectivity index (χ2n) is 16.8. The van der Waals surface area contributed by atoms with Crippen molar-refractivity contribution in [2.45, 2.75) is 224 Å². The van der Waals surface area contributed by atoms with Crippen LogP contribution >= 0.6 is 15.6 Å². The maximum atomic E-state index is 13.0. The van der Waals surface area contributed by atoms with Gasteiger partial charge in [-0.05, 0) is 51.4 Å². The summed E-state index contributed by atoms with van der Waals surface area (Å²) in [5.41, 5.74) is 0. The van der Waals surface area contributed by atoms with Gasteiger partial charge >= 0.3 is 27.6 Å². The summed E-state index contributed by atoms with van der Waals surface area (Å²) in [6.07, 6.45) is 27.8. The normalized spacial score (nSPS) is 22.0. The summed E-state index contributed by atoms with van der Waals surface area (Å²) in [6, 6.07) is 0. The van der Waals surface area contributed by atoms with E-state index in [9.17, 15) is 53.8 Å². The molecular formula is C47H84O16P2. The number of hydrogen-bond acceptors (Lipinski definition) is 13. The van der Waals surface area contributed by atoms with Crippen LogP contribution in [-0.2, 0) is 41.8 Å². The Morgan fingerprint density at radius 3 is 1.43 bits per heavy atom. The second-order valence-corrected chi connectivity index (χ2v) is 19.4. The van der Waals surface area contributed by atoms with E-state index in [2.05, 4.69) is 67.0 Å². The molecule has 1 saturated carbocycles. The summed E-state index contributed by atoms with van der Waals surface area (Å²) in [7, 11) is -10.7. The number of unbranched alkanes of at least 4 members (excludes halogenated alkanes) is 18. The van der Waals surface area contributed by atoms with Gasteiger partial charge in [0.1, 0.15) is 43.2 Å². The molecule has 1 aliphatic carbocycles. The maximum Gasteiger partial charge on any atom is 0.472 e. The Morgan fingerprint density at radius 2 is 0.938 bits per heavy atom. The van der Waals surface area contributed by atoms with E-state index in [-0.39, 0.29) is 12.8 Å². The lowest BCUT2D eigenvalue weighted by atomic mass is 9.85. The molecule has 8 atom stereocenters. The third-order valence-electron chi connectivity index (χ3n) is 10.9. The first-order valence-corrected chi connectivity index (χ1v) is 27.2. The molecule has 0 aromatic rings. The monoisotopic (exact) mass is 967 g/mol. The summed E-state index contributed by atoms with van der Waals surface area (Å²) >= 11 is 0. The lowest BCUT2D eigenvalue weighted by Crippen LogP contribution is -2.64. The molecule has 0 bridgehead atoms. The highest BCUT2D eigenvalue weighted by atomic mass is 31.2. The fourth-order valence-corrected chi connectivity index (χ4v) is 8.73. The number of carbonyl (C=O) groups excluding carboxylic acids is 2. The van der Waals surface area contributed by atoms with Crippen LogP contribution in [-0.4, -0.2) is 103 Å². The minimum atomic E-state index is -5.36. The van der Waals surface area contributed by atoms with Gasteiger partial charge in [-0.25, -0.2) is 9.13 Å². The van der Waals surface area contributed by atoms with Crippen molar-refractivity contribution in [3.05, 3.63) is 48.6 Å². The molecule has 0 amide bonds. The highest BCUT2D eigenvalue weighted by molar-refractivity contribution is 7.47. The van der Waals surface area contributed by atoms with E-state index in [1.54, 1.807) is 0 Å². The molecule has 16 nitrogen and oxygen atoms in total. The smallest absolute Gasteiger partial charge is 0.462 e. The molecule has 0 aromatic carbocycles. The predicted octanol–water partition coefficient (Wildman–Crippen LogP) is 9.29. The third-order valence-corrected chi connectivity index (χ3v) is 12.4. The molecular weight excluding hydrogens is 882 g/mol. The summed E-state index contributed by atoms with van der Waals surface area (Å²) in [4.78, 5) is 54.3. The predicted molar refractivity (Wildman–Crippen MR) is 250 cm³/mol. The first-order chi connectivity index (χ1) is 31.1. The zero-order chi connectivity index (χ0) is 48.2. The van der Waals surface area contributed by atoms with Crippen LogP contribution in [0.2, 0.25) is 0 Å². The van der Waals surface area contributed by atoms with E-state index in [4.69, 9.17) is 18.5 Å². The van der Waals surface area contributed by atoms with Gasteiger partial charge in [0, 0.05) is 12.8 Å². The number of rotatable bonds is 40. The molecule has 0 spiro atoms. The molecule has 378 valence electrons. The Bertz CT molecular complexity index is 1450. The number of ether oxygens (including phenoxy) is 2. The Morgan fingerprint density at radius 1 is 0.508 bits per heavy atom. The minimum absolute atomic E-state index is 0.0422. The van der Waals surface area contributed by atoms with Gasteiger partial charge in [0.05, 0.1) is 6.61 Å². The Kier molecular flexibility index (Phi) is 35.5. The van der Waals surface area contributed by atoms with Gasteiger partial charge in [0.2, 0.25) is 0 Å². The molecule has 5 unspecified atom stereocenters. The maximum absolute atomic E-state index is 13.0. The molecule has 0 saturated heterocycles. The number of phosphoric ester groups is 2.